The molecule has 0 saturated carbocycles. The predicted molar refractivity (Wildman–Crippen MR) is 127 cm³/mol. The highest BCUT2D eigenvalue weighted by atomic mass is 19.1. The Morgan fingerprint density at radius 2 is 1.88 bits per heavy atom. The normalized spacial score (nSPS) is 12.3. The van der Waals surface area contributed by atoms with Crippen LogP contribution >= 0.6 is 0 Å². The predicted octanol–water partition coefficient (Wildman–Crippen LogP) is 5.25. The summed E-state index contributed by atoms with van der Waals surface area (Å²) < 4.78 is 40.4. The minimum Gasteiger partial charge on any atom is -0.438 e. The van der Waals surface area contributed by atoms with Gasteiger partial charge in [-0.05, 0) is 49.7 Å². The molecule has 2 aromatic carbocycles. The van der Waals surface area contributed by atoms with Gasteiger partial charge >= 0.3 is 0 Å². The maximum atomic E-state index is 13.8. The first-order chi connectivity index (χ1) is 16.4. The number of aromatic nitrogens is 2. The molecule has 184 valence electrons. The molecule has 6 nitrogen and oxygen atoms in total. The van der Waals surface area contributed by atoms with E-state index in [-0.39, 0.29) is 5.82 Å². The molecule has 0 fully saturated rings. The molecule has 1 N–H and O–H groups in total. The number of aliphatic hydroxyl groups excluding tert-OH is 1. The fourth-order valence-corrected chi connectivity index (χ4v) is 3.73. The van der Waals surface area contributed by atoms with Crippen LogP contribution in [0, 0.1) is 18.6 Å². The lowest BCUT2D eigenvalue weighted by Gasteiger charge is -2.25. The van der Waals surface area contributed by atoms with Crippen molar-refractivity contribution in [1.82, 2.24) is 14.7 Å². The van der Waals surface area contributed by atoms with E-state index in [0.717, 1.165) is 30.5 Å². The average Bonchev–Trinajstić information content (AvgIpc) is 3.11. The molecular formula is C26H33F2N3O3. The summed E-state index contributed by atoms with van der Waals surface area (Å²) in [6.45, 7) is 6.01. The highest BCUT2D eigenvalue weighted by Crippen LogP contribution is 2.32. The fourth-order valence-electron chi connectivity index (χ4n) is 3.73. The summed E-state index contributed by atoms with van der Waals surface area (Å²) in [5.74, 6) is -0.0206. The van der Waals surface area contributed by atoms with Gasteiger partial charge in [0.2, 0.25) is 5.88 Å². The summed E-state index contributed by atoms with van der Waals surface area (Å²) in [6, 6.07) is 11.8. The van der Waals surface area contributed by atoms with Gasteiger partial charge in [0.05, 0.1) is 29.7 Å². The molecule has 1 atom stereocenters. The third-order valence-corrected chi connectivity index (χ3v) is 5.57. The van der Waals surface area contributed by atoms with Crippen molar-refractivity contribution in [2.75, 3.05) is 26.8 Å². The number of unbranched alkanes of at least 4 members (excludes halogenated alkanes) is 1. The molecule has 34 heavy (non-hydrogen) atoms. The first-order valence-corrected chi connectivity index (χ1v) is 11.6. The first kappa shape index (κ1) is 25.8. The maximum Gasteiger partial charge on any atom is 0.227 e. The summed E-state index contributed by atoms with van der Waals surface area (Å²) in [5.41, 5.74) is 2.14. The Balaban J connectivity index is 1.97. The molecule has 1 aromatic heterocycles. The molecule has 0 aliphatic rings. The second kappa shape index (κ2) is 12.6. The van der Waals surface area contributed by atoms with Crippen LogP contribution in [0.5, 0.6) is 11.6 Å². The van der Waals surface area contributed by atoms with Crippen LogP contribution < -0.4 is 4.74 Å². The Morgan fingerprint density at radius 3 is 2.56 bits per heavy atom. The second-order valence-corrected chi connectivity index (χ2v) is 8.34. The minimum absolute atomic E-state index is 0.330. The van der Waals surface area contributed by atoms with Gasteiger partial charge in [0.15, 0.2) is 0 Å². The molecule has 0 bridgehead atoms. The number of methoxy groups -OCH3 is 1. The van der Waals surface area contributed by atoms with E-state index in [1.54, 1.807) is 36.1 Å². The third-order valence-electron chi connectivity index (χ3n) is 5.57. The summed E-state index contributed by atoms with van der Waals surface area (Å²) in [7, 11) is 1.64. The van der Waals surface area contributed by atoms with E-state index in [1.807, 2.05) is 6.92 Å². The molecule has 1 heterocycles. The van der Waals surface area contributed by atoms with Crippen molar-refractivity contribution >= 4 is 0 Å². The van der Waals surface area contributed by atoms with E-state index in [9.17, 15) is 13.9 Å². The lowest BCUT2D eigenvalue weighted by Crippen LogP contribution is -2.34. The number of halogens is 2. The molecule has 0 amide bonds. The average molecular weight is 474 g/mol. The molecular weight excluding hydrogens is 440 g/mol. The number of hydrogen-bond donors (Lipinski definition) is 1. The standard InChI is InChI=1S/C26H33F2N3O3/c1-4-5-8-23(32)17-30(14-15-33-3)18-25-19(2)29-31(22-12-10-20(27)11-13-22)26(25)34-24-9-6-7-21(28)16-24/h6-7,9-13,16,23,32H,4-5,8,14-15,17-18H2,1-3H3/t23-/m0/s1. The van der Waals surface area contributed by atoms with Gasteiger partial charge in [-0.25, -0.2) is 13.5 Å². The number of hydrogen-bond acceptors (Lipinski definition) is 5. The zero-order chi connectivity index (χ0) is 24.5. The molecule has 3 aromatic rings. The van der Waals surface area contributed by atoms with E-state index in [0.29, 0.717) is 43.6 Å². The molecule has 0 spiro atoms. The van der Waals surface area contributed by atoms with Gasteiger partial charge < -0.3 is 14.6 Å². The Kier molecular flexibility index (Phi) is 9.56. The highest BCUT2D eigenvalue weighted by molar-refractivity contribution is 5.43. The van der Waals surface area contributed by atoms with Crippen LogP contribution in [0.3, 0.4) is 0 Å². The SMILES string of the molecule is CCCC[C@H](O)CN(CCOC)Cc1c(C)nn(-c2ccc(F)cc2)c1Oc1cccc(F)c1. The van der Waals surface area contributed by atoms with Gasteiger partial charge in [-0.2, -0.15) is 5.10 Å². The van der Waals surface area contributed by atoms with E-state index in [2.05, 4.69) is 16.9 Å². The molecule has 0 unspecified atom stereocenters. The monoisotopic (exact) mass is 473 g/mol. The van der Waals surface area contributed by atoms with Gasteiger partial charge in [0.1, 0.15) is 17.4 Å². The zero-order valence-corrected chi connectivity index (χ0v) is 20.0. The van der Waals surface area contributed by atoms with Crippen LogP contribution in [0.1, 0.15) is 37.4 Å². The zero-order valence-electron chi connectivity index (χ0n) is 20.0. The lowest BCUT2D eigenvalue weighted by atomic mass is 10.1. The quantitative estimate of drug-likeness (QED) is 0.367. The van der Waals surface area contributed by atoms with Gasteiger partial charge in [-0.1, -0.05) is 25.8 Å². The van der Waals surface area contributed by atoms with E-state index >= 15 is 0 Å². The first-order valence-electron chi connectivity index (χ1n) is 11.6. The Bertz CT molecular complexity index is 1040. The van der Waals surface area contributed by atoms with Crippen molar-refractivity contribution in [2.45, 2.75) is 45.8 Å². The highest BCUT2D eigenvalue weighted by Gasteiger charge is 2.23. The van der Waals surface area contributed by atoms with Gasteiger partial charge in [0, 0.05) is 32.8 Å². The third kappa shape index (κ3) is 7.09. The summed E-state index contributed by atoms with van der Waals surface area (Å²) in [5, 5.41) is 15.2. The van der Waals surface area contributed by atoms with Gasteiger partial charge in [0.25, 0.3) is 0 Å². The van der Waals surface area contributed by atoms with E-state index in [1.165, 1.54) is 24.3 Å². The van der Waals surface area contributed by atoms with Crippen molar-refractivity contribution in [1.29, 1.82) is 0 Å². The molecule has 0 radical (unpaired) electrons. The van der Waals surface area contributed by atoms with E-state index < -0.39 is 11.9 Å². The number of aryl methyl sites for hydroxylation is 1. The van der Waals surface area contributed by atoms with Gasteiger partial charge in [-0.3, -0.25) is 4.90 Å². The summed E-state index contributed by atoms with van der Waals surface area (Å²) in [4.78, 5) is 2.10. The van der Waals surface area contributed by atoms with Crippen molar-refractivity contribution in [3.8, 4) is 17.3 Å². The lowest BCUT2D eigenvalue weighted by molar-refractivity contribution is 0.0786. The van der Waals surface area contributed by atoms with Crippen molar-refractivity contribution in [2.24, 2.45) is 0 Å². The summed E-state index contributed by atoms with van der Waals surface area (Å²) in [6.07, 6.45) is 2.23. The van der Waals surface area contributed by atoms with Crippen LogP contribution in [0.4, 0.5) is 8.78 Å². The molecule has 0 aliphatic carbocycles. The van der Waals surface area contributed by atoms with Crippen LogP contribution in [0.2, 0.25) is 0 Å². The topological polar surface area (TPSA) is 59.8 Å². The van der Waals surface area contributed by atoms with Crippen LogP contribution in [0.15, 0.2) is 48.5 Å². The van der Waals surface area contributed by atoms with Crippen molar-refractivity contribution in [3.05, 3.63) is 71.4 Å². The Labute approximate surface area is 199 Å². The van der Waals surface area contributed by atoms with Crippen LogP contribution in [0.25, 0.3) is 5.69 Å². The van der Waals surface area contributed by atoms with Crippen molar-refractivity contribution in [3.63, 3.8) is 0 Å². The smallest absolute Gasteiger partial charge is 0.227 e. The van der Waals surface area contributed by atoms with Crippen LogP contribution in [-0.2, 0) is 11.3 Å². The number of ether oxygens (including phenoxy) is 2. The number of rotatable bonds is 13. The number of nitrogens with zero attached hydrogens (tertiary/aromatic N) is 3. The van der Waals surface area contributed by atoms with E-state index in [4.69, 9.17) is 9.47 Å². The van der Waals surface area contributed by atoms with Gasteiger partial charge in [-0.15, -0.1) is 0 Å². The summed E-state index contributed by atoms with van der Waals surface area (Å²) >= 11 is 0. The molecule has 0 saturated heterocycles. The maximum absolute atomic E-state index is 13.8. The number of aliphatic hydroxyl groups is 1. The minimum atomic E-state index is -0.461. The molecule has 0 aliphatic heterocycles. The number of benzene rings is 2. The molecule has 8 heteroatoms. The Morgan fingerprint density at radius 1 is 1.12 bits per heavy atom. The second-order valence-electron chi connectivity index (χ2n) is 8.34. The fraction of sp³-hybridized carbons (Fsp3) is 0.423. The Hall–Kier alpha value is -2.81. The largest absolute Gasteiger partial charge is 0.438 e. The molecule has 3 rings (SSSR count). The van der Waals surface area contributed by atoms with Crippen LogP contribution in [-0.4, -0.2) is 52.7 Å². The van der Waals surface area contributed by atoms with Crippen molar-refractivity contribution < 1.29 is 23.4 Å².